The van der Waals surface area contributed by atoms with Gasteiger partial charge in [-0.3, -0.25) is 0 Å². The van der Waals surface area contributed by atoms with Crippen molar-refractivity contribution in [2.75, 3.05) is 6.54 Å². The van der Waals surface area contributed by atoms with Gasteiger partial charge in [-0.25, -0.2) is 9.98 Å². The second kappa shape index (κ2) is 10.2. The van der Waals surface area contributed by atoms with Gasteiger partial charge in [-0.05, 0) is 19.1 Å². The number of nitrogens with one attached hydrogen (secondary N) is 2. The van der Waals surface area contributed by atoms with E-state index in [1.165, 1.54) is 0 Å². The highest BCUT2D eigenvalue weighted by molar-refractivity contribution is 14.0. The first-order valence-corrected chi connectivity index (χ1v) is 8.77. The van der Waals surface area contributed by atoms with Crippen LogP contribution >= 0.6 is 35.3 Å². The first-order valence-electron chi connectivity index (χ1n) is 7.89. The first kappa shape index (κ1) is 19.5. The number of rotatable bonds is 6. The predicted molar refractivity (Wildman–Crippen MR) is 113 cm³/mol. The summed E-state index contributed by atoms with van der Waals surface area (Å²) in [4.78, 5) is 9.19. The summed E-state index contributed by atoms with van der Waals surface area (Å²) in [5.41, 5.74) is 2.15. The number of aromatic nitrogens is 1. The molecule has 5 nitrogen and oxygen atoms in total. The average Bonchev–Trinajstić information content (AvgIpc) is 3.30. The molecule has 2 N–H and O–H groups in total. The molecule has 2 aromatic heterocycles. The zero-order valence-electron chi connectivity index (χ0n) is 13.9. The molecule has 0 aliphatic heterocycles. The van der Waals surface area contributed by atoms with Crippen molar-refractivity contribution < 1.29 is 4.42 Å². The van der Waals surface area contributed by atoms with Crippen LogP contribution in [0, 0.1) is 0 Å². The second-order valence-corrected chi connectivity index (χ2v) is 6.06. The number of nitrogens with zero attached hydrogens (tertiary/aromatic N) is 2. The highest BCUT2D eigenvalue weighted by atomic mass is 127. The quantitative estimate of drug-likeness (QED) is 0.322. The molecular weight excluding hydrogens is 447 g/mol. The van der Waals surface area contributed by atoms with Crippen molar-refractivity contribution in [1.82, 2.24) is 15.6 Å². The van der Waals surface area contributed by atoms with E-state index in [2.05, 4.69) is 38.1 Å². The van der Waals surface area contributed by atoms with Crippen LogP contribution in [0.15, 0.2) is 63.5 Å². The fourth-order valence-corrected chi connectivity index (χ4v) is 2.94. The van der Waals surface area contributed by atoms with Crippen LogP contribution in [0.25, 0.3) is 11.3 Å². The number of hydrogen-bond donors (Lipinski definition) is 2. The molecule has 0 fully saturated rings. The lowest BCUT2D eigenvalue weighted by Gasteiger charge is -2.09. The Morgan fingerprint density at radius 1 is 1.16 bits per heavy atom. The Morgan fingerprint density at radius 2 is 2.00 bits per heavy atom. The fourth-order valence-electron chi connectivity index (χ4n) is 2.19. The average molecular weight is 468 g/mol. The molecule has 2 heterocycles. The number of guanidine groups is 1. The van der Waals surface area contributed by atoms with E-state index in [1.54, 1.807) is 17.6 Å². The van der Waals surface area contributed by atoms with Crippen LogP contribution < -0.4 is 10.6 Å². The molecular formula is C18H21IN4OS. The number of thiazole rings is 1. The second-order valence-electron chi connectivity index (χ2n) is 5.12. The maximum absolute atomic E-state index is 5.30. The van der Waals surface area contributed by atoms with Crippen molar-refractivity contribution in [2.24, 2.45) is 4.99 Å². The van der Waals surface area contributed by atoms with Crippen molar-refractivity contribution >= 4 is 41.3 Å². The minimum absolute atomic E-state index is 0. The topological polar surface area (TPSA) is 62.5 Å². The van der Waals surface area contributed by atoms with E-state index < -0.39 is 0 Å². The van der Waals surface area contributed by atoms with Gasteiger partial charge in [0.05, 0.1) is 18.5 Å². The van der Waals surface area contributed by atoms with E-state index in [0.717, 1.165) is 34.5 Å². The molecule has 0 amide bonds. The number of hydrogen-bond acceptors (Lipinski definition) is 4. The molecule has 7 heteroatoms. The molecule has 0 atom stereocenters. The zero-order valence-corrected chi connectivity index (χ0v) is 17.1. The van der Waals surface area contributed by atoms with Crippen LogP contribution in [0.4, 0.5) is 0 Å². The Kier molecular flexibility index (Phi) is 7.93. The molecule has 0 aliphatic rings. The van der Waals surface area contributed by atoms with Crippen molar-refractivity contribution in [1.29, 1.82) is 0 Å². The van der Waals surface area contributed by atoms with Crippen molar-refractivity contribution in [3.8, 4) is 11.3 Å². The third kappa shape index (κ3) is 5.86. The highest BCUT2D eigenvalue weighted by Gasteiger charge is 2.05. The summed E-state index contributed by atoms with van der Waals surface area (Å²) < 4.78 is 5.30. The molecule has 0 spiro atoms. The van der Waals surface area contributed by atoms with Gasteiger partial charge < -0.3 is 15.1 Å². The largest absolute Gasteiger partial charge is 0.467 e. The summed E-state index contributed by atoms with van der Waals surface area (Å²) >= 11 is 1.65. The lowest BCUT2D eigenvalue weighted by atomic mass is 10.2. The third-order valence-corrected chi connectivity index (χ3v) is 4.19. The van der Waals surface area contributed by atoms with Gasteiger partial charge in [-0.2, -0.15) is 0 Å². The summed E-state index contributed by atoms with van der Waals surface area (Å²) in [6, 6.07) is 14.0. The molecule has 0 bridgehead atoms. The van der Waals surface area contributed by atoms with E-state index in [1.807, 2.05) is 37.3 Å². The Balaban J connectivity index is 0.00000225. The van der Waals surface area contributed by atoms with Crippen molar-refractivity contribution in [3.05, 3.63) is 64.9 Å². The molecule has 0 saturated carbocycles. The molecule has 132 valence electrons. The monoisotopic (exact) mass is 468 g/mol. The Bertz CT molecular complexity index is 771. The summed E-state index contributed by atoms with van der Waals surface area (Å²) in [7, 11) is 0. The van der Waals surface area contributed by atoms with Crippen molar-refractivity contribution in [3.63, 3.8) is 0 Å². The molecule has 1 aromatic carbocycles. The van der Waals surface area contributed by atoms with Crippen LogP contribution in [-0.2, 0) is 13.1 Å². The molecule has 0 saturated heterocycles. The predicted octanol–water partition coefficient (Wildman–Crippen LogP) is 4.28. The normalized spacial score (nSPS) is 11.0. The van der Waals surface area contributed by atoms with Crippen molar-refractivity contribution in [2.45, 2.75) is 20.0 Å². The minimum atomic E-state index is 0. The SMILES string of the molecule is CCNC(=NCc1ccco1)NCc1nc(-c2ccccc2)cs1.I. The summed E-state index contributed by atoms with van der Waals surface area (Å²) in [5, 5.41) is 9.65. The van der Waals surface area contributed by atoms with Gasteiger partial charge in [0.2, 0.25) is 0 Å². The molecule has 0 aliphatic carbocycles. The van der Waals surface area contributed by atoms with Gasteiger partial charge in [-0.1, -0.05) is 30.3 Å². The van der Waals surface area contributed by atoms with E-state index in [0.29, 0.717) is 13.1 Å². The van der Waals surface area contributed by atoms with E-state index in [-0.39, 0.29) is 24.0 Å². The van der Waals surface area contributed by atoms with E-state index >= 15 is 0 Å². The Hall–Kier alpha value is -1.87. The van der Waals surface area contributed by atoms with Gasteiger partial charge >= 0.3 is 0 Å². The van der Waals surface area contributed by atoms with Crippen LogP contribution in [0.3, 0.4) is 0 Å². The smallest absolute Gasteiger partial charge is 0.192 e. The van der Waals surface area contributed by atoms with Crippen LogP contribution in [0.2, 0.25) is 0 Å². The molecule has 0 radical (unpaired) electrons. The fraction of sp³-hybridized carbons (Fsp3) is 0.222. The van der Waals surface area contributed by atoms with Gasteiger partial charge in [0.1, 0.15) is 17.3 Å². The molecule has 3 rings (SSSR count). The number of furan rings is 1. The standard InChI is InChI=1S/C18H20N4OS.HI/c1-2-19-18(20-11-15-9-6-10-23-15)21-12-17-22-16(13-24-17)14-7-4-3-5-8-14;/h3-10,13H,2,11-12H2,1H3,(H2,19,20,21);1H. The van der Waals surface area contributed by atoms with Crippen LogP contribution in [0.5, 0.6) is 0 Å². The van der Waals surface area contributed by atoms with Gasteiger partial charge in [0.25, 0.3) is 0 Å². The third-order valence-electron chi connectivity index (χ3n) is 3.35. The summed E-state index contributed by atoms with van der Waals surface area (Å²) in [5.74, 6) is 1.60. The van der Waals surface area contributed by atoms with Gasteiger partial charge in [0.15, 0.2) is 5.96 Å². The van der Waals surface area contributed by atoms with Gasteiger partial charge in [0, 0.05) is 17.5 Å². The summed E-state index contributed by atoms with van der Waals surface area (Å²) in [6.45, 7) is 4.00. The molecule has 25 heavy (non-hydrogen) atoms. The lowest BCUT2D eigenvalue weighted by molar-refractivity contribution is 0.512. The minimum Gasteiger partial charge on any atom is -0.467 e. The van der Waals surface area contributed by atoms with Gasteiger partial charge in [-0.15, -0.1) is 35.3 Å². The molecule has 3 aromatic rings. The number of aliphatic imine (C=N–C) groups is 1. The maximum atomic E-state index is 5.30. The van der Waals surface area contributed by atoms with E-state index in [9.17, 15) is 0 Å². The maximum Gasteiger partial charge on any atom is 0.192 e. The van der Waals surface area contributed by atoms with Crippen LogP contribution in [-0.4, -0.2) is 17.5 Å². The molecule has 0 unspecified atom stereocenters. The zero-order chi connectivity index (χ0) is 16.6. The Labute approximate surface area is 168 Å². The number of benzene rings is 1. The first-order chi connectivity index (χ1) is 11.8. The van der Waals surface area contributed by atoms with E-state index in [4.69, 9.17) is 4.42 Å². The van der Waals surface area contributed by atoms with Crippen LogP contribution in [0.1, 0.15) is 17.7 Å². The Morgan fingerprint density at radius 3 is 2.72 bits per heavy atom. The number of halogens is 1. The lowest BCUT2D eigenvalue weighted by Crippen LogP contribution is -2.36. The summed E-state index contributed by atoms with van der Waals surface area (Å²) in [6.07, 6.45) is 1.66. The highest BCUT2D eigenvalue weighted by Crippen LogP contribution is 2.21.